The van der Waals surface area contributed by atoms with Crippen LogP contribution in [0.2, 0.25) is 5.15 Å². The van der Waals surface area contributed by atoms with Crippen molar-refractivity contribution in [3.05, 3.63) is 59.4 Å². The van der Waals surface area contributed by atoms with E-state index >= 15 is 0 Å². The number of piperazine rings is 1. The number of anilines is 1. The zero-order chi connectivity index (χ0) is 25.8. The van der Waals surface area contributed by atoms with E-state index in [0.717, 1.165) is 60.2 Å². The number of amidine groups is 1. The molecule has 0 saturated carbocycles. The summed E-state index contributed by atoms with van der Waals surface area (Å²) in [5, 5.41) is 3.66. The normalized spacial score (nSPS) is 14.6. The van der Waals surface area contributed by atoms with Crippen LogP contribution in [0.5, 0.6) is 5.75 Å². The third-order valence-corrected chi connectivity index (χ3v) is 6.26. The molecular weight excluding hydrogens is 476 g/mol. The van der Waals surface area contributed by atoms with E-state index in [1.165, 1.54) is 0 Å². The number of aryl methyl sites for hydroxylation is 2. The number of hydrogen-bond acceptors (Lipinski definition) is 8. The van der Waals surface area contributed by atoms with Crippen molar-refractivity contribution in [1.29, 1.82) is 0 Å². The van der Waals surface area contributed by atoms with Crippen LogP contribution in [-0.4, -0.2) is 71.0 Å². The van der Waals surface area contributed by atoms with Gasteiger partial charge in [-0.2, -0.15) is 0 Å². The SMILES string of the molecule is C=C(NC(C)=Nc1cnc(N2CCN(C)CC2)nc1C)c1cnc(C)cc1-c1cc(Cl)ncc1OC. The second kappa shape index (κ2) is 11.0. The minimum absolute atomic E-state index is 0.373. The highest BCUT2D eigenvalue weighted by Crippen LogP contribution is 2.35. The lowest BCUT2D eigenvalue weighted by Gasteiger charge is -2.32. The van der Waals surface area contributed by atoms with Gasteiger partial charge in [-0.15, -0.1) is 0 Å². The van der Waals surface area contributed by atoms with Gasteiger partial charge >= 0.3 is 0 Å². The van der Waals surface area contributed by atoms with Crippen LogP contribution < -0.4 is 15.0 Å². The van der Waals surface area contributed by atoms with E-state index in [-0.39, 0.29) is 0 Å². The molecule has 0 aromatic carbocycles. The Kier molecular flexibility index (Phi) is 7.81. The number of nitrogens with zero attached hydrogens (tertiary/aromatic N) is 7. The molecule has 3 aromatic heterocycles. The highest BCUT2D eigenvalue weighted by molar-refractivity contribution is 6.29. The highest BCUT2D eigenvalue weighted by atomic mass is 35.5. The summed E-state index contributed by atoms with van der Waals surface area (Å²) in [6.07, 6.45) is 5.15. The molecule has 188 valence electrons. The Morgan fingerprint density at radius 2 is 1.81 bits per heavy atom. The number of halogens is 1. The molecule has 0 amide bonds. The Bertz CT molecular complexity index is 1300. The van der Waals surface area contributed by atoms with Crippen LogP contribution in [0.3, 0.4) is 0 Å². The standard InChI is InChI=1S/C26H31ClN8O/c1-16-11-20(21-12-25(27)29-15-24(21)36-6)22(13-28-16)17(2)31-19(4)33-23-14-30-26(32-18(23)3)35-9-7-34(5)8-10-35/h11-15H,2,7-10H2,1,3-6H3,(H,31,33). The number of hydrogen-bond donors (Lipinski definition) is 1. The maximum atomic E-state index is 6.20. The third-order valence-electron chi connectivity index (χ3n) is 6.06. The lowest BCUT2D eigenvalue weighted by molar-refractivity contribution is 0.311. The fraction of sp³-hybridized carbons (Fsp3) is 0.346. The zero-order valence-electron chi connectivity index (χ0n) is 21.3. The average Bonchev–Trinajstić information content (AvgIpc) is 2.85. The van der Waals surface area contributed by atoms with Crippen molar-refractivity contribution in [2.75, 3.05) is 45.2 Å². The van der Waals surface area contributed by atoms with Crippen molar-refractivity contribution in [1.82, 2.24) is 30.2 Å². The third kappa shape index (κ3) is 5.80. The quantitative estimate of drug-likeness (QED) is 0.301. The Labute approximate surface area is 216 Å². The molecule has 1 saturated heterocycles. The van der Waals surface area contributed by atoms with Gasteiger partial charge in [-0.25, -0.2) is 19.9 Å². The molecule has 36 heavy (non-hydrogen) atoms. The summed E-state index contributed by atoms with van der Waals surface area (Å²) >= 11 is 6.20. The number of likely N-dealkylation sites (N-methyl/N-ethyl adjacent to an activating group) is 1. The smallest absolute Gasteiger partial charge is 0.225 e. The Morgan fingerprint density at radius 3 is 2.50 bits per heavy atom. The molecule has 0 bridgehead atoms. The predicted molar refractivity (Wildman–Crippen MR) is 145 cm³/mol. The van der Waals surface area contributed by atoms with Crippen LogP contribution in [0.4, 0.5) is 11.6 Å². The van der Waals surface area contributed by atoms with Crippen molar-refractivity contribution in [2.24, 2.45) is 4.99 Å². The zero-order valence-corrected chi connectivity index (χ0v) is 22.1. The number of rotatable bonds is 6. The molecule has 0 spiro atoms. The van der Waals surface area contributed by atoms with Gasteiger partial charge in [0, 0.05) is 54.9 Å². The first-order chi connectivity index (χ1) is 17.2. The van der Waals surface area contributed by atoms with E-state index in [1.54, 1.807) is 31.8 Å². The molecule has 0 atom stereocenters. The second-order valence-electron chi connectivity index (χ2n) is 8.81. The van der Waals surface area contributed by atoms with Crippen LogP contribution >= 0.6 is 11.6 Å². The van der Waals surface area contributed by atoms with Gasteiger partial charge in [-0.1, -0.05) is 18.2 Å². The largest absolute Gasteiger partial charge is 0.494 e. The monoisotopic (exact) mass is 506 g/mol. The van der Waals surface area contributed by atoms with Crippen molar-refractivity contribution < 1.29 is 4.74 Å². The molecule has 0 radical (unpaired) electrons. The van der Waals surface area contributed by atoms with E-state index in [2.05, 4.69) is 43.7 Å². The van der Waals surface area contributed by atoms with Crippen LogP contribution in [0, 0.1) is 13.8 Å². The minimum atomic E-state index is 0.373. The molecule has 10 heteroatoms. The summed E-state index contributed by atoms with van der Waals surface area (Å²) in [5.41, 5.74) is 5.50. The first kappa shape index (κ1) is 25.5. The van der Waals surface area contributed by atoms with Crippen LogP contribution in [0.25, 0.3) is 16.8 Å². The molecule has 1 aliphatic rings. The van der Waals surface area contributed by atoms with E-state index < -0.39 is 0 Å². The van der Waals surface area contributed by atoms with Crippen LogP contribution in [0.1, 0.15) is 23.9 Å². The summed E-state index contributed by atoms with van der Waals surface area (Å²) in [6.45, 7) is 13.8. The van der Waals surface area contributed by atoms with Gasteiger partial charge in [-0.3, -0.25) is 4.98 Å². The van der Waals surface area contributed by atoms with Crippen molar-refractivity contribution in [2.45, 2.75) is 20.8 Å². The van der Waals surface area contributed by atoms with Crippen LogP contribution in [-0.2, 0) is 0 Å². The van der Waals surface area contributed by atoms with E-state index in [0.29, 0.717) is 28.1 Å². The first-order valence-corrected chi connectivity index (χ1v) is 12.1. The van der Waals surface area contributed by atoms with Crippen molar-refractivity contribution in [3.8, 4) is 16.9 Å². The highest BCUT2D eigenvalue weighted by Gasteiger charge is 2.18. The number of nitrogens with one attached hydrogen (secondary N) is 1. The fourth-order valence-corrected chi connectivity index (χ4v) is 4.18. The van der Waals surface area contributed by atoms with Gasteiger partial charge < -0.3 is 19.9 Å². The van der Waals surface area contributed by atoms with E-state index in [9.17, 15) is 0 Å². The molecule has 4 rings (SSSR count). The van der Waals surface area contributed by atoms with Crippen LogP contribution in [0.15, 0.2) is 42.3 Å². The molecule has 9 nitrogen and oxygen atoms in total. The number of aliphatic imine (C=N–C) groups is 1. The topological polar surface area (TPSA) is 91.7 Å². The lowest BCUT2D eigenvalue weighted by atomic mass is 9.99. The number of ether oxygens (including phenoxy) is 1. The summed E-state index contributed by atoms with van der Waals surface area (Å²) in [5.74, 6) is 2.01. The maximum Gasteiger partial charge on any atom is 0.225 e. The van der Waals surface area contributed by atoms with Gasteiger partial charge in [0.1, 0.15) is 22.4 Å². The van der Waals surface area contributed by atoms with Crippen molar-refractivity contribution in [3.63, 3.8) is 0 Å². The number of aromatic nitrogens is 4. The first-order valence-electron chi connectivity index (χ1n) is 11.7. The molecule has 1 fully saturated rings. The average molecular weight is 507 g/mol. The molecule has 3 aromatic rings. The maximum absolute atomic E-state index is 6.20. The van der Waals surface area contributed by atoms with Gasteiger partial charge in [0.2, 0.25) is 5.95 Å². The lowest BCUT2D eigenvalue weighted by Crippen LogP contribution is -2.45. The fourth-order valence-electron chi connectivity index (χ4n) is 4.02. The second-order valence-corrected chi connectivity index (χ2v) is 9.20. The Morgan fingerprint density at radius 1 is 1.06 bits per heavy atom. The van der Waals surface area contributed by atoms with Gasteiger partial charge in [0.25, 0.3) is 0 Å². The summed E-state index contributed by atoms with van der Waals surface area (Å²) in [7, 11) is 3.73. The van der Waals surface area contributed by atoms with Gasteiger partial charge in [0.05, 0.1) is 25.2 Å². The van der Waals surface area contributed by atoms with E-state index in [4.69, 9.17) is 26.3 Å². The summed E-state index contributed by atoms with van der Waals surface area (Å²) in [4.78, 5) is 27.1. The minimum Gasteiger partial charge on any atom is -0.494 e. The van der Waals surface area contributed by atoms with Gasteiger partial charge in [0.15, 0.2) is 0 Å². The predicted octanol–water partition coefficient (Wildman–Crippen LogP) is 4.27. The van der Waals surface area contributed by atoms with Crippen molar-refractivity contribution >= 4 is 34.8 Å². The molecular formula is C26H31ClN8O. The molecule has 0 aliphatic carbocycles. The Hall–Kier alpha value is -3.56. The number of pyridine rings is 2. The molecule has 1 N–H and O–H groups in total. The van der Waals surface area contributed by atoms with E-state index in [1.807, 2.05) is 26.8 Å². The number of methoxy groups -OCH3 is 1. The summed E-state index contributed by atoms with van der Waals surface area (Å²) < 4.78 is 5.53. The molecule has 1 aliphatic heterocycles. The molecule has 4 heterocycles. The Balaban J connectivity index is 1.56. The van der Waals surface area contributed by atoms with Gasteiger partial charge in [-0.05, 0) is 45.5 Å². The molecule has 0 unspecified atom stereocenters. The summed E-state index contributed by atoms with van der Waals surface area (Å²) in [6, 6.07) is 3.74.